The van der Waals surface area contributed by atoms with Gasteiger partial charge in [0.1, 0.15) is 5.82 Å². The highest BCUT2D eigenvalue weighted by Gasteiger charge is 2.27. The van der Waals surface area contributed by atoms with Crippen LogP contribution in [0.2, 0.25) is 0 Å². The minimum absolute atomic E-state index is 0.349. The van der Waals surface area contributed by atoms with E-state index in [9.17, 15) is 8.42 Å². The number of sulfonamides is 1. The number of nitrogens with one attached hydrogen (secondary N) is 1. The molecule has 5 nitrogen and oxygen atoms in total. The molecular weight excluding hydrogens is 370 g/mol. The number of aromatic nitrogens is 1. The fraction of sp³-hybridized carbons (Fsp3) is 0.318. The normalized spacial score (nSPS) is 16.3. The van der Waals surface area contributed by atoms with Crippen LogP contribution >= 0.6 is 0 Å². The average molecular weight is 396 g/mol. The van der Waals surface area contributed by atoms with Crippen molar-refractivity contribution in [3.63, 3.8) is 0 Å². The van der Waals surface area contributed by atoms with E-state index in [1.165, 1.54) is 5.56 Å². The van der Waals surface area contributed by atoms with E-state index in [4.69, 9.17) is 0 Å². The van der Waals surface area contributed by atoms with Crippen LogP contribution in [0.25, 0.3) is 10.9 Å². The van der Waals surface area contributed by atoms with Crippen molar-refractivity contribution in [3.05, 3.63) is 66.2 Å². The van der Waals surface area contributed by atoms with E-state index in [1.807, 2.05) is 30.3 Å². The third kappa shape index (κ3) is 3.88. The van der Waals surface area contributed by atoms with E-state index in [0.717, 1.165) is 36.1 Å². The third-order valence-corrected chi connectivity index (χ3v) is 7.22. The molecule has 0 bridgehead atoms. The number of hydrogen-bond acceptors (Lipinski definition) is 4. The topological polar surface area (TPSA) is 62.3 Å². The van der Waals surface area contributed by atoms with Gasteiger partial charge in [-0.15, -0.1) is 0 Å². The first-order valence-electron chi connectivity index (χ1n) is 9.74. The van der Waals surface area contributed by atoms with E-state index >= 15 is 0 Å². The molecule has 0 aliphatic carbocycles. The fourth-order valence-electron chi connectivity index (χ4n) is 3.60. The molecule has 1 aliphatic rings. The second-order valence-electron chi connectivity index (χ2n) is 7.35. The summed E-state index contributed by atoms with van der Waals surface area (Å²) in [5, 5.41) is 4.22. The summed E-state index contributed by atoms with van der Waals surface area (Å²) < 4.78 is 27.1. The van der Waals surface area contributed by atoms with Gasteiger partial charge in [0.05, 0.1) is 10.4 Å². The summed E-state index contributed by atoms with van der Waals surface area (Å²) in [6.45, 7) is 4.19. The molecule has 2 aromatic carbocycles. The van der Waals surface area contributed by atoms with Gasteiger partial charge in [-0.1, -0.05) is 37.3 Å². The second-order valence-corrected chi connectivity index (χ2v) is 9.29. The van der Waals surface area contributed by atoms with Crippen molar-refractivity contribution >= 4 is 26.7 Å². The molecule has 3 aromatic rings. The lowest BCUT2D eigenvalue weighted by atomic mass is 10.0. The molecule has 146 valence electrons. The van der Waals surface area contributed by atoms with Crippen molar-refractivity contribution in [3.8, 4) is 0 Å². The van der Waals surface area contributed by atoms with Gasteiger partial charge in [0.15, 0.2) is 0 Å². The molecule has 0 amide bonds. The Bertz CT molecular complexity index is 1060. The Morgan fingerprint density at radius 1 is 1.04 bits per heavy atom. The maximum atomic E-state index is 12.8. The zero-order chi connectivity index (χ0) is 19.6. The molecule has 1 atom stereocenters. The highest BCUT2D eigenvalue weighted by Crippen LogP contribution is 2.25. The van der Waals surface area contributed by atoms with Crippen LogP contribution in [0.4, 0.5) is 5.82 Å². The molecule has 2 heterocycles. The molecule has 1 aliphatic heterocycles. The summed E-state index contributed by atoms with van der Waals surface area (Å²) in [5.74, 6) is 1.16. The first-order valence-corrected chi connectivity index (χ1v) is 11.2. The average Bonchev–Trinajstić information content (AvgIpc) is 3.28. The Kier molecular flexibility index (Phi) is 5.33. The van der Waals surface area contributed by atoms with Gasteiger partial charge in [0, 0.05) is 25.0 Å². The maximum absolute atomic E-state index is 12.8. The Morgan fingerprint density at radius 2 is 1.79 bits per heavy atom. The Balaban J connectivity index is 1.50. The van der Waals surface area contributed by atoms with Gasteiger partial charge >= 0.3 is 0 Å². The zero-order valence-electron chi connectivity index (χ0n) is 16.0. The monoisotopic (exact) mass is 395 g/mol. The minimum atomic E-state index is -3.40. The number of nitrogens with zero attached hydrogens (tertiary/aromatic N) is 2. The SMILES string of the molecule is C[C@@H](CNc1ccc2cc(S(=O)(=O)N3CCCC3)ccc2n1)c1ccccc1. The van der Waals surface area contributed by atoms with Gasteiger partial charge in [0.2, 0.25) is 10.0 Å². The fourth-order valence-corrected chi connectivity index (χ4v) is 5.15. The Morgan fingerprint density at radius 3 is 2.54 bits per heavy atom. The molecular formula is C22H25N3O2S. The minimum Gasteiger partial charge on any atom is -0.369 e. The summed E-state index contributed by atoms with van der Waals surface area (Å²) in [6, 6.07) is 19.4. The van der Waals surface area contributed by atoms with Crippen LogP contribution < -0.4 is 5.32 Å². The van der Waals surface area contributed by atoms with Gasteiger partial charge in [-0.3, -0.25) is 0 Å². The van der Waals surface area contributed by atoms with Gasteiger partial charge in [-0.25, -0.2) is 13.4 Å². The Labute approximate surface area is 166 Å². The number of pyridine rings is 1. The lowest BCUT2D eigenvalue weighted by Crippen LogP contribution is -2.27. The highest BCUT2D eigenvalue weighted by molar-refractivity contribution is 7.89. The van der Waals surface area contributed by atoms with Crippen LogP contribution in [-0.2, 0) is 10.0 Å². The maximum Gasteiger partial charge on any atom is 0.243 e. The summed E-state index contributed by atoms with van der Waals surface area (Å²) in [6.07, 6.45) is 1.87. The molecule has 6 heteroatoms. The predicted molar refractivity (Wildman–Crippen MR) is 113 cm³/mol. The van der Waals surface area contributed by atoms with E-state index in [-0.39, 0.29) is 0 Å². The zero-order valence-corrected chi connectivity index (χ0v) is 16.8. The lowest BCUT2D eigenvalue weighted by Gasteiger charge is -2.16. The molecule has 0 saturated carbocycles. The number of rotatable bonds is 6. The molecule has 0 radical (unpaired) electrons. The van der Waals surface area contributed by atoms with Crippen LogP contribution in [-0.4, -0.2) is 37.3 Å². The molecule has 28 heavy (non-hydrogen) atoms. The number of benzene rings is 2. The Hall–Kier alpha value is -2.44. The standard InChI is InChI=1S/C22H25N3O2S/c1-17(18-7-3-2-4-8-18)16-23-22-12-9-19-15-20(10-11-21(19)24-22)28(26,27)25-13-5-6-14-25/h2-4,7-12,15,17H,5-6,13-14,16H2,1H3,(H,23,24)/t17-/m0/s1. The summed E-state index contributed by atoms with van der Waals surface area (Å²) in [7, 11) is -3.40. The van der Waals surface area contributed by atoms with Crippen LogP contribution in [0.1, 0.15) is 31.2 Å². The quantitative estimate of drug-likeness (QED) is 0.678. The molecule has 4 rings (SSSR count). The number of fused-ring (bicyclic) bond motifs is 1. The highest BCUT2D eigenvalue weighted by atomic mass is 32.2. The van der Waals surface area contributed by atoms with Gasteiger partial charge in [0.25, 0.3) is 0 Å². The molecule has 0 unspecified atom stereocenters. The summed E-state index contributed by atoms with van der Waals surface area (Å²) in [4.78, 5) is 4.99. The lowest BCUT2D eigenvalue weighted by molar-refractivity contribution is 0.477. The van der Waals surface area contributed by atoms with E-state index < -0.39 is 10.0 Å². The second kappa shape index (κ2) is 7.89. The van der Waals surface area contributed by atoms with Gasteiger partial charge in [-0.2, -0.15) is 4.31 Å². The number of anilines is 1. The smallest absolute Gasteiger partial charge is 0.243 e. The van der Waals surface area contributed by atoms with Crippen LogP contribution in [0, 0.1) is 0 Å². The van der Waals surface area contributed by atoms with Gasteiger partial charge in [-0.05, 0) is 54.7 Å². The first-order chi connectivity index (χ1) is 13.5. The van der Waals surface area contributed by atoms with E-state index in [0.29, 0.717) is 23.9 Å². The molecule has 0 spiro atoms. The summed E-state index contributed by atoms with van der Waals surface area (Å²) in [5.41, 5.74) is 2.07. The van der Waals surface area contributed by atoms with Crippen LogP contribution in [0.15, 0.2) is 65.6 Å². The van der Waals surface area contributed by atoms with Crippen molar-refractivity contribution in [1.29, 1.82) is 0 Å². The largest absolute Gasteiger partial charge is 0.369 e. The third-order valence-electron chi connectivity index (χ3n) is 5.32. The molecule has 1 N–H and O–H groups in total. The molecule has 1 aromatic heterocycles. The van der Waals surface area contributed by atoms with Crippen molar-refractivity contribution in [1.82, 2.24) is 9.29 Å². The van der Waals surface area contributed by atoms with Crippen LogP contribution in [0.3, 0.4) is 0 Å². The molecule has 1 fully saturated rings. The summed E-state index contributed by atoms with van der Waals surface area (Å²) >= 11 is 0. The first kappa shape index (κ1) is 18.9. The van der Waals surface area contributed by atoms with Crippen LogP contribution in [0.5, 0.6) is 0 Å². The van der Waals surface area contributed by atoms with Crippen molar-refractivity contribution < 1.29 is 8.42 Å². The van der Waals surface area contributed by atoms with E-state index in [2.05, 4.69) is 29.4 Å². The number of hydrogen-bond donors (Lipinski definition) is 1. The van der Waals surface area contributed by atoms with Gasteiger partial charge < -0.3 is 5.32 Å². The predicted octanol–water partition coefficient (Wildman–Crippen LogP) is 4.23. The molecule has 1 saturated heterocycles. The van der Waals surface area contributed by atoms with Crippen molar-refractivity contribution in [2.24, 2.45) is 0 Å². The van der Waals surface area contributed by atoms with E-state index in [1.54, 1.807) is 22.5 Å². The van der Waals surface area contributed by atoms with Crippen molar-refractivity contribution in [2.45, 2.75) is 30.6 Å². The van der Waals surface area contributed by atoms with Crippen molar-refractivity contribution in [2.75, 3.05) is 25.0 Å².